The molecule has 0 fully saturated rings. The van der Waals surface area contributed by atoms with E-state index in [9.17, 15) is 5.11 Å². The van der Waals surface area contributed by atoms with Crippen LogP contribution in [0.4, 0.5) is 0 Å². The number of aliphatic hydroxyl groups is 1. The standard InChI is InChI=1S/C11H15Cl2NOS/c1-6(15)5-14-8-4-2-3-7-9(8)11(13)16-10(7)12/h6,8,14-15H,2-5H2,1H3. The second-order valence-electron chi connectivity index (χ2n) is 4.24. The second-order valence-corrected chi connectivity index (χ2v) is 6.47. The molecule has 1 heterocycles. The smallest absolute Gasteiger partial charge is 0.0994 e. The first-order valence-electron chi connectivity index (χ1n) is 5.47. The number of rotatable bonds is 3. The third-order valence-corrected chi connectivity index (χ3v) is 4.60. The average Bonchev–Trinajstić information content (AvgIpc) is 2.52. The summed E-state index contributed by atoms with van der Waals surface area (Å²) in [7, 11) is 0. The molecule has 2 unspecified atom stereocenters. The van der Waals surface area contributed by atoms with Crippen LogP contribution in [0.2, 0.25) is 8.67 Å². The minimum atomic E-state index is -0.335. The van der Waals surface area contributed by atoms with Gasteiger partial charge in [-0.25, -0.2) is 0 Å². The van der Waals surface area contributed by atoms with Gasteiger partial charge >= 0.3 is 0 Å². The van der Waals surface area contributed by atoms with Gasteiger partial charge in [0.1, 0.15) is 0 Å². The summed E-state index contributed by atoms with van der Waals surface area (Å²) in [6.07, 6.45) is 2.87. The number of nitrogens with one attached hydrogen (secondary N) is 1. The van der Waals surface area contributed by atoms with E-state index >= 15 is 0 Å². The van der Waals surface area contributed by atoms with Crippen molar-refractivity contribution < 1.29 is 5.11 Å². The molecule has 0 saturated heterocycles. The molecule has 16 heavy (non-hydrogen) atoms. The second kappa shape index (κ2) is 5.23. The van der Waals surface area contributed by atoms with Crippen molar-refractivity contribution >= 4 is 34.5 Å². The molecule has 2 rings (SSSR count). The van der Waals surface area contributed by atoms with Crippen molar-refractivity contribution in [2.45, 2.75) is 38.3 Å². The van der Waals surface area contributed by atoms with Gasteiger partial charge in [0.15, 0.2) is 0 Å². The lowest BCUT2D eigenvalue weighted by Gasteiger charge is -2.25. The Morgan fingerprint density at radius 2 is 2.25 bits per heavy atom. The van der Waals surface area contributed by atoms with Crippen LogP contribution in [0, 0.1) is 0 Å². The van der Waals surface area contributed by atoms with Crippen molar-refractivity contribution in [2.75, 3.05) is 6.54 Å². The number of halogens is 2. The SMILES string of the molecule is CC(O)CNC1CCCc2c(Cl)sc(Cl)c21. The van der Waals surface area contributed by atoms with Crippen LogP contribution in [0.5, 0.6) is 0 Å². The van der Waals surface area contributed by atoms with Crippen LogP contribution in [-0.4, -0.2) is 17.8 Å². The van der Waals surface area contributed by atoms with Gasteiger partial charge in [-0.1, -0.05) is 23.2 Å². The van der Waals surface area contributed by atoms with Crippen LogP contribution in [0.1, 0.15) is 36.9 Å². The van der Waals surface area contributed by atoms with Crippen molar-refractivity contribution in [3.05, 3.63) is 19.8 Å². The van der Waals surface area contributed by atoms with E-state index in [1.807, 2.05) is 0 Å². The largest absolute Gasteiger partial charge is 0.392 e. The van der Waals surface area contributed by atoms with Gasteiger partial charge < -0.3 is 10.4 Å². The third-order valence-electron chi connectivity index (χ3n) is 2.88. The molecule has 5 heteroatoms. The Hall–Kier alpha value is 0.200. The number of thiophene rings is 1. The maximum Gasteiger partial charge on any atom is 0.0994 e. The highest BCUT2D eigenvalue weighted by atomic mass is 35.5. The van der Waals surface area contributed by atoms with Crippen molar-refractivity contribution in [3.8, 4) is 0 Å². The summed E-state index contributed by atoms with van der Waals surface area (Å²) >= 11 is 13.8. The molecule has 2 atom stereocenters. The van der Waals surface area contributed by atoms with E-state index in [2.05, 4.69) is 5.32 Å². The topological polar surface area (TPSA) is 32.3 Å². The summed E-state index contributed by atoms with van der Waals surface area (Å²) in [5, 5.41) is 12.6. The summed E-state index contributed by atoms with van der Waals surface area (Å²) < 4.78 is 1.62. The lowest BCUT2D eigenvalue weighted by molar-refractivity contribution is 0.184. The van der Waals surface area contributed by atoms with Gasteiger partial charge in [0.2, 0.25) is 0 Å². The Morgan fingerprint density at radius 3 is 2.94 bits per heavy atom. The number of hydrogen-bond donors (Lipinski definition) is 2. The highest BCUT2D eigenvalue weighted by Crippen LogP contribution is 2.44. The molecule has 1 aromatic heterocycles. The van der Waals surface area contributed by atoms with Crippen LogP contribution in [0.25, 0.3) is 0 Å². The molecule has 0 saturated carbocycles. The van der Waals surface area contributed by atoms with Gasteiger partial charge in [-0.15, -0.1) is 11.3 Å². The fourth-order valence-corrected chi connectivity index (χ4v) is 4.04. The third kappa shape index (κ3) is 2.54. The zero-order valence-corrected chi connectivity index (χ0v) is 11.4. The first kappa shape index (κ1) is 12.7. The fraction of sp³-hybridized carbons (Fsp3) is 0.636. The summed E-state index contributed by atoms with van der Waals surface area (Å²) in [4.78, 5) is 0. The minimum absolute atomic E-state index is 0.245. The van der Waals surface area contributed by atoms with Gasteiger partial charge in [0.05, 0.1) is 14.8 Å². The molecule has 0 amide bonds. The van der Waals surface area contributed by atoms with Crippen LogP contribution >= 0.6 is 34.5 Å². The predicted molar refractivity (Wildman–Crippen MR) is 69.7 cm³/mol. The zero-order chi connectivity index (χ0) is 11.7. The first-order valence-corrected chi connectivity index (χ1v) is 7.05. The van der Waals surface area contributed by atoms with Crippen LogP contribution < -0.4 is 5.32 Å². The monoisotopic (exact) mass is 279 g/mol. The molecular formula is C11H15Cl2NOS. The number of fused-ring (bicyclic) bond motifs is 1. The molecule has 1 aliphatic carbocycles. The molecule has 2 N–H and O–H groups in total. The Morgan fingerprint density at radius 1 is 1.50 bits per heavy atom. The molecular weight excluding hydrogens is 265 g/mol. The molecule has 2 nitrogen and oxygen atoms in total. The molecule has 1 aliphatic rings. The van der Waals surface area contributed by atoms with Gasteiger partial charge in [0, 0.05) is 18.2 Å². The van der Waals surface area contributed by atoms with Crippen molar-refractivity contribution in [2.24, 2.45) is 0 Å². The normalized spacial score (nSPS) is 21.9. The maximum atomic E-state index is 9.29. The first-order chi connectivity index (χ1) is 7.59. The van der Waals surface area contributed by atoms with E-state index in [1.54, 1.807) is 6.92 Å². The summed E-state index contributed by atoms with van der Waals surface area (Å²) in [5.74, 6) is 0. The van der Waals surface area contributed by atoms with E-state index in [4.69, 9.17) is 23.2 Å². The van der Waals surface area contributed by atoms with Gasteiger partial charge in [-0.2, -0.15) is 0 Å². The lowest BCUT2D eigenvalue weighted by Crippen LogP contribution is -2.30. The fourth-order valence-electron chi connectivity index (χ4n) is 2.14. The number of aliphatic hydroxyl groups excluding tert-OH is 1. The summed E-state index contributed by atoms with van der Waals surface area (Å²) in [5.41, 5.74) is 2.36. The Kier molecular flexibility index (Phi) is 4.14. The van der Waals surface area contributed by atoms with Gasteiger partial charge in [0.25, 0.3) is 0 Å². The van der Waals surface area contributed by atoms with E-state index in [-0.39, 0.29) is 12.1 Å². The van der Waals surface area contributed by atoms with Crippen LogP contribution in [0.3, 0.4) is 0 Å². The minimum Gasteiger partial charge on any atom is -0.392 e. The van der Waals surface area contributed by atoms with Gasteiger partial charge in [-0.05, 0) is 31.7 Å². The maximum absolute atomic E-state index is 9.29. The van der Waals surface area contributed by atoms with E-state index < -0.39 is 0 Å². The lowest BCUT2D eigenvalue weighted by atomic mass is 9.91. The van der Waals surface area contributed by atoms with Crippen LogP contribution in [-0.2, 0) is 6.42 Å². The van der Waals surface area contributed by atoms with E-state index in [0.29, 0.717) is 6.54 Å². The van der Waals surface area contributed by atoms with E-state index in [1.165, 1.54) is 16.9 Å². The highest BCUT2D eigenvalue weighted by molar-refractivity contribution is 7.20. The number of hydrogen-bond acceptors (Lipinski definition) is 3. The molecule has 0 radical (unpaired) electrons. The highest BCUT2D eigenvalue weighted by Gasteiger charge is 2.26. The van der Waals surface area contributed by atoms with Crippen LogP contribution in [0.15, 0.2) is 0 Å². The molecule has 1 aromatic rings. The molecule has 0 bridgehead atoms. The zero-order valence-electron chi connectivity index (χ0n) is 9.09. The Bertz CT molecular complexity index is 378. The average molecular weight is 280 g/mol. The Balaban J connectivity index is 2.19. The molecule has 0 aromatic carbocycles. The summed E-state index contributed by atoms with van der Waals surface area (Å²) in [6.45, 7) is 2.37. The van der Waals surface area contributed by atoms with Crippen molar-refractivity contribution in [1.82, 2.24) is 5.32 Å². The summed E-state index contributed by atoms with van der Waals surface area (Å²) in [6, 6.07) is 0.245. The molecule has 90 valence electrons. The van der Waals surface area contributed by atoms with Crippen molar-refractivity contribution in [3.63, 3.8) is 0 Å². The van der Waals surface area contributed by atoms with Gasteiger partial charge in [-0.3, -0.25) is 0 Å². The molecule has 0 spiro atoms. The Labute approximate surface area is 110 Å². The van der Waals surface area contributed by atoms with Crippen molar-refractivity contribution in [1.29, 1.82) is 0 Å². The quantitative estimate of drug-likeness (QED) is 0.889. The molecule has 0 aliphatic heterocycles. The van der Waals surface area contributed by atoms with E-state index in [0.717, 1.165) is 33.5 Å². The predicted octanol–water partition coefficient (Wildman–Crippen LogP) is 3.40.